The van der Waals surface area contributed by atoms with Gasteiger partial charge in [-0.15, -0.1) is 0 Å². The lowest BCUT2D eigenvalue weighted by Gasteiger charge is -2.39. The van der Waals surface area contributed by atoms with Crippen LogP contribution < -0.4 is 0 Å². The quantitative estimate of drug-likeness (QED) is 0.0632. The molecule has 400 valence electrons. The first kappa shape index (κ1) is 61.5. The third-order valence-electron chi connectivity index (χ3n) is 13.3. The highest BCUT2D eigenvalue weighted by atomic mass is 32.2. The zero-order chi connectivity index (χ0) is 55.1. The van der Waals surface area contributed by atoms with Gasteiger partial charge in [0.1, 0.15) is 12.2 Å². The van der Waals surface area contributed by atoms with Crippen LogP contribution in [0.5, 0.6) is 0 Å². The van der Waals surface area contributed by atoms with Gasteiger partial charge in [-0.25, -0.2) is 25.3 Å². The van der Waals surface area contributed by atoms with Crippen molar-refractivity contribution in [2.24, 2.45) is 10.8 Å². The van der Waals surface area contributed by atoms with E-state index in [1.165, 1.54) is 0 Å². The summed E-state index contributed by atoms with van der Waals surface area (Å²) in [5.74, 6) is -0.764. The molecule has 2 aliphatic rings. The Hall–Kier alpha value is -4.10. The first-order valence-corrected chi connectivity index (χ1v) is 36.9. The second kappa shape index (κ2) is 24.3. The average Bonchev–Trinajstić information content (AvgIpc) is 3.27. The van der Waals surface area contributed by atoms with Crippen molar-refractivity contribution in [2.45, 2.75) is 167 Å². The van der Waals surface area contributed by atoms with Crippen molar-refractivity contribution in [3.8, 4) is 0 Å². The van der Waals surface area contributed by atoms with Crippen LogP contribution in [0.4, 0.5) is 0 Å². The molecule has 0 aliphatic heterocycles. The molecule has 2 aromatic rings. The lowest BCUT2D eigenvalue weighted by atomic mass is 9.71. The lowest BCUT2D eigenvalue weighted by Crippen LogP contribution is -2.43. The molecule has 0 heterocycles. The summed E-state index contributed by atoms with van der Waals surface area (Å²) in [4.78, 5) is 27.2. The van der Waals surface area contributed by atoms with Crippen LogP contribution in [0.3, 0.4) is 0 Å². The van der Waals surface area contributed by atoms with Gasteiger partial charge in [-0.1, -0.05) is 135 Å². The van der Waals surface area contributed by atoms with E-state index in [1.54, 1.807) is 98.8 Å². The van der Waals surface area contributed by atoms with Gasteiger partial charge < -0.3 is 8.85 Å². The molecule has 4 rings (SSSR count). The fraction of sp³-hybridized carbons (Fsp3) is 0.483. The van der Waals surface area contributed by atoms with Crippen LogP contribution in [0.15, 0.2) is 164 Å². The van der Waals surface area contributed by atoms with Crippen LogP contribution in [0, 0.1) is 10.8 Å². The average molecular weight is 1090 g/mol. The molecule has 73 heavy (non-hydrogen) atoms. The molecule has 15 heteroatoms. The van der Waals surface area contributed by atoms with Gasteiger partial charge in [0.15, 0.2) is 57.7 Å². The number of carbonyl (C=O) groups is 2. The molecule has 4 atom stereocenters. The topological polar surface area (TPSA) is 155 Å². The third kappa shape index (κ3) is 17.5. The van der Waals surface area contributed by atoms with E-state index in [1.807, 2.05) is 52.0 Å². The molecule has 0 aromatic heterocycles. The largest absolute Gasteiger partial charge is 0.407 e. The Labute approximate surface area is 441 Å². The van der Waals surface area contributed by atoms with E-state index in [2.05, 4.69) is 67.0 Å². The Morgan fingerprint density at radius 3 is 1.19 bits per heavy atom. The van der Waals surface area contributed by atoms with Gasteiger partial charge in [0.2, 0.25) is 0 Å². The standard InChI is InChI=1S/C58H82O10S3Si2/c1-41(27-29-51-45(5)55(59)53(39-57(51,7)8)67-72(11,12)13)35-49(70(63,64)47-23-19-17-20-24-47)37-43(3)31-33-69(61,62)34-32-44(4)38-50(71(65,66)48-25-21-18-22-26-48)36-42(2)28-30-52-46(6)56(60)54(40-58(52,9)10)68-73(14,15)16/h17-32,35-36,49-50,53-54H,33-34,37-40H2,1-16H3/b29-27+,30-28+,41-35+,42-36+,43-31+,44-32+. The van der Waals surface area contributed by atoms with Gasteiger partial charge in [-0.2, -0.15) is 0 Å². The molecule has 0 bridgehead atoms. The van der Waals surface area contributed by atoms with Crippen LogP contribution in [0.1, 0.15) is 94.9 Å². The third-order valence-corrected chi connectivity index (χ3v) is 20.6. The molecular formula is C58H82O10S3Si2. The highest BCUT2D eigenvalue weighted by Crippen LogP contribution is 2.43. The Morgan fingerprint density at radius 1 is 0.575 bits per heavy atom. The Morgan fingerprint density at radius 2 is 0.890 bits per heavy atom. The number of benzene rings is 2. The molecule has 0 fully saturated rings. The van der Waals surface area contributed by atoms with Gasteiger partial charge >= 0.3 is 0 Å². The Bertz CT molecular complexity index is 2760. The van der Waals surface area contributed by atoms with Crippen molar-refractivity contribution in [3.63, 3.8) is 0 Å². The van der Waals surface area contributed by atoms with Crippen LogP contribution in [-0.2, 0) is 48.0 Å². The second-order valence-electron chi connectivity index (χ2n) is 23.3. The van der Waals surface area contributed by atoms with Crippen LogP contribution in [0.25, 0.3) is 0 Å². The Kier molecular flexibility index (Phi) is 20.4. The number of rotatable bonds is 22. The minimum Gasteiger partial charge on any atom is -0.407 e. The molecule has 2 aliphatic carbocycles. The molecule has 0 saturated heterocycles. The molecule has 0 amide bonds. The second-order valence-corrected chi connectivity index (χ2v) is 38.7. The predicted octanol–water partition coefficient (Wildman–Crippen LogP) is 12.8. The summed E-state index contributed by atoms with van der Waals surface area (Å²) in [7, 11) is -15.6. The van der Waals surface area contributed by atoms with Crippen LogP contribution >= 0.6 is 0 Å². The zero-order valence-electron chi connectivity index (χ0n) is 46.3. The minimum atomic E-state index is -3.92. The maximum Gasteiger partial charge on any atom is 0.186 e. The number of sulfone groups is 3. The van der Waals surface area contributed by atoms with Gasteiger partial charge in [0.05, 0.1) is 31.8 Å². The number of Topliss-reactive ketones (excluding diaryl/α,β-unsaturated/α-hetero) is 2. The summed E-state index contributed by atoms with van der Waals surface area (Å²) in [5, 5.41) is -2.06. The lowest BCUT2D eigenvalue weighted by molar-refractivity contribution is -0.125. The molecule has 0 N–H and O–H groups in total. The fourth-order valence-electron chi connectivity index (χ4n) is 9.46. The first-order valence-electron chi connectivity index (χ1n) is 25.2. The van der Waals surface area contributed by atoms with Crippen molar-refractivity contribution in [1.82, 2.24) is 0 Å². The predicted molar refractivity (Wildman–Crippen MR) is 305 cm³/mol. The summed E-state index contributed by atoms with van der Waals surface area (Å²) in [5.41, 5.74) is 4.74. The van der Waals surface area contributed by atoms with Gasteiger partial charge in [-0.05, 0) is 164 Å². The van der Waals surface area contributed by atoms with E-state index < -0.39 is 68.9 Å². The summed E-state index contributed by atoms with van der Waals surface area (Å²) >= 11 is 0. The smallest absolute Gasteiger partial charge is 0.186 e. The SMILES string of the molecule is CC1=C(/C=C/C(C)=C/C(C/C(C)=C/CS(=O)(=O)C/C=C(\C)CC(/C=C(C)/C=C/C2=C(C)C(=O)C(O[Si](C)(C)C)CC2(C)C)S(=O)(=O)c2ccccc2)S(=O)(=O)c2ccccc2)C(C)(C)CC(O[Si](C)(C)C)C1=O. The van der Waals surface area contributed by atoms with Crippen molar-refractivity contribution < 1.29 is 43.7 Å². The number of allylic oxidation sites excluding steroid dienone is 10. The van der Waals surface area contributed by atoms with E-state index in [0.717, 1.165) is 11.1 Å². The van der Waals surface area contributed by atoms with Crippen LogP contribution in [0.2, 0.25) is 39.3 Å². The van der Waals surface area contributed by atoms with E-state index in [4.69, 9.17) is 8.85 Å². The molecule has 0 saturated carbocycles. The summed E-state index contributed by atoms with van der Waals surface area (Å²) in [6.07, 6.45) is 14.1. The molecule has 4 unspecified atom stereocenters. The van der Waals surface area contributed by atoms with E-state index in [0.29, 0.717) is 46.3 Å². The monoisotopic (exact) mass is 1090 g/mol. The maximum absolute atomic E-state index is 14.2. The van der Waals surface area contributed by atoms with E-state index in [9.17, 15) is 34.8 Å². The van der Waals surface area contributed by atoms with Crippen molar-refractivity contribution in [3.05, 3.63) is 154 Å². The van der Waals surface area contributed by atoms with Gasteiger partial charge in [0.25, 0.3) is 0 Å². The minimum absolute atomic E-state index is 0.0317. The molecule has 10 nitrogen and oxygen atoms in total. The Balaban J connectivity index is 1.58. The first-order chi connectivity index (χ1) is 33.5. The normalized spacial score (nSPS) is 21.2. The molecule has 0 spiro atoms. The summed E-state index contributed by atoms with van der Waals surface area (Å²) in [6.45, 7) is 31.4. The van der Waals surface area contributed by atoms with E-state index in [-0.39, 0.29) is 56.5 Å². The van der Waals surface area contributed by atoms with Crippen LogP contribution in [-0.4, -0.2) is 87.7 Å². The highest BCUT2D eigenvalue weighted by Gasteiger charge is 2.42. The van der Waals surface area contributed by atoms with E-state index >= 15 is 0 Å². The number of carbonyl (C=O) groups excluding carboxylic acids is 2. The van der Waals surface area contributed by atoms with Crippen molar-refractivity contribution in [2.75, 3.05) is 11.5 Å². The zero-order valence-corrected chi connectivity index (χ0v) is 50.7. The number of hydrogen-bond acceptors (Lipinski definition) is 10. The van der Waals surface area contributed by atoms with Gasteiger partial charge in [0, 0.05) is 0 Å². The molecular weight excluding hydrogens is 1010 g/mol. The van der Waals surface area contributed by atoms with Gasteiger partial charge in [-0.3, -0.25) is 9.59 Å². The molecule has 0 radical (unpaired) electrons. The molecule has 2 aromatic carbocycles. The highest BCUT2D eigenvalue weighted by molar-refractivity contribution is 7.92. The number of hydrogen-bond donors (Lipinski definition) is 0. The van der Waals surface area contributed by atoms with Crippen molar-refractivity contribution in [1.29, 1.82) is 0 Å². The fourth-order valence-corrected chi connectivity index (χ4v) is 16.3. The maximum atomic E-state index is 14.2. The van der Waals surface area contributed by atoms with Crippen molar-refractivity contribution >= 4 is 57.7 Å². The summed E-state index contributed by atoms with van der Waals surface area (Å²) in [6, 6.07) is 16.3. The summed E-state index contributed by atoms with van der Waals surface area (Å²) < 4.78 is 96.6. The number of ketones is 2.